The summed E-state index contributed by atoms with van der Waals surface area (Å²) in [6, 6.07) is 28.6. The number of hydrogen-bond acceptors (Lipinski definition) is 6. The van der Waals surface area contributed by atoms with Crippen molar-refractivity contribution in [2.24, 2.45) is 0 Å². The minimum atomic E-state index is -3.59. The molecule has 5 rings (SSSR count). The number of benzene rings is 4. The molecule has 0 saturated carbocycles. The van der Waals surface area contributed by atoms with Gasteiger partial charge in [-0.15, -0.1) is 0 Å². The van der Waals surface area contributed by atoms with E-state index < -0.39 is 16.1 Å². The van der Waals surface area contributed by atoms with Crippen molar-refractivity contribution in [3.8, 4) is 11.5 Å². The first kappa shape index (κ1) is 26.6. The minimum absolute atomic E-state index is 0.0272. The number of nitrogens with one attached hydrogen (secondary N) is 2. The lowest BCUT2D eigenvalue weighted by Gasteiger charge is -2.26. The molecule has 8 nitrogen and oxygen atoms in total. The fourth-order valence-electron chi connectivity index (χ4n) is 4.68. The second-order valence-electron chi connectivity index (χ2n) is 9.61. The molecule has 4 aromatic carbocycles. The highest BCUT2D eigenvalue weighted by Gasteiger charge is 2.17. The van der Waals surface area contributed by atoms with Gasteiger partial charge in [0.15, 0.2) is 0 Å². The molecule has 0 aliphatic rings. The molecule has 9 heteroatoms. The van der Waals surface area contributed by atoms with E-state index in [2.05, 4.69) is 32.8 Å². The van der Waals surface area contributed by atoms with Crippen molar-refractivity contribution in [2.45, 2.75) is 12.6 Å². The van der Waals surface area contributed by atoms with Gasteiger partial charge in [0, 0.05) is 42.0 Å². The van der Waals surface area contributed by atoms with Crippen molar-refractivity contribution in [3.05, 3.63) is 102 Å². The maximum atomic E-state index is 11.7. The highest BCUT2D eigenvalue weighted by atomic mass is 32.2. The number of aromatic hydroxyl groups is 1. The molecule has 1 aromatic heterocycles. The van der Waals surface area contributed by atoms with Crippen LogP contribution < -0.4 is 9.46 Å². The normalized spacial score (nSPS) is 12.7. The Hall–Kier alpha value is -4.05. The number of phenolic OH excluding ortho intramolecular Hbond substituents is 1. The molecular weight excluding hydrogens is 514 g/mol. The smallest absolute Gasteiger partial charge is 0.229 e. The van der Waals surface area contributed by atoms with E-state index in [-0.39, 0.29) is 18.0 Å². The molecule has 1 heterocycles. The molecule has 0 aliphatic carbocycles. The molecule has 39 heavy (non-hydrogen) atoms. The Morgan fingerprint density at radius 3 is 2.46 bits per heavy atom. The SMILES string of the molecule is CS(=O)(=O)Nc1cc([C@@H](O)CN(CCOc2ccc3c(c2)[nH]c2ccccc23)Cc2ccccc2)ccc1O. The summed E-state index contributed by atoms with van der Waals surface area (Å²) >= 11 is 0. The van der Waals surface area contributed by atoms with Gasteiger partial charge in [-0.1, -0.05) is 54.6 Å². The quantitative estimate of drug-likeness (QED) is 0.174. The van der Waals surface area contributed by atoms with Crippen molar-refractivity contribution in [2.75, 3.05) is 30.7 Å². The largest absolute Gasteiger partial charge is 0.506 e. The number of sulfonamides is 1. The van der Waals surface area contributed by atoms with Crippen LogP contribution in [0, 0.1) is 0 Å². The molecule has 4 N–H and O–H groups in total. The van der Waals surface area contributed by atoms with Crippen molar-refractivity contribution in [1.82, 2.24) is 9.88 Å². The second-order valence-corrected chi connectivity index (χ2v) is 11.4. The zero-order valence-electron chi connectivity index (χ0n) is 21.5. The van der Waals surface area contributed by atoms with Crippen LogP contribution in [0.25, 0.3) is 21.8 Å². The summed E-state index contributed by atoms with van der Waals surface area (Å²) in [6.45, 7) is 1.82. The highest BCUT2D eigenvalue weighted by Crippen LogP contribution is 2.29. The van der Waals surface area contributed by atoms with Gasteiger partial charge < -0.3 is 19.9 Å². The number of anilines is 1. The molecule has 0 unspecified atom stereocenters. The standard InChI is InChI=1S/C30H31N3O5S/c1-39(36,37)32-28-17-22(11-14-29(28)34)30(35)20-33(19-21-7-3-2-4-8-21)15-16-38-23-12-13-25-24-9-5-6-10-26(24)31-27(25)18-23/h2-14,17-18,30-32,34-35H,15-16,19-20H2,1H3/t30-/m0/s1. The van der Waals surface area contributed by atoms with Gasteiger partial charge in [0.05, 0.1) is 23.6 Å². The zero-order valence-corrected chi connectivity index (χ0v) is 22.4. The number of fused-ring (bicyclic) bond motifs is 3. The van der Waals surface area contributed by atoms with Gasteiger partial charge >= 0.3 is 0 Å². The number of aromatic nitrogens is 1. The van der Waals surface area contributed by atoms with E-state index in [1.807, 2.05) is 54.6 Å². The van der Waals surface area contributed by atoms with Crippen LogP contribution in [0.1, 0.15) is 17.2 Å². The van der Waals surface area contributed by atoms with E-state index in [0.717, 1.165) is 34.0 Å². The lowest BCUT2D eigenvalue weighted by molar-refractivity contribution is 0.0986. The fourth-order valence-corrected chi connectivity index (χ4v) is 5.25. The number of rotatable bonds is 11. The van der Waals surface area contributed by atoms with Crippen LogP contribution in [0.5, 0.6) is 11.5 Å². The number of ether oxygens (including phenoxy) is 1. The molecule has 0 spiro atoms. The number of H-pyrrole nitrogens is 1. The van der Waals surface area contributed by atoms with Crippen LogP contribution in [-0.2, 0) is 16.6 Å². The number of aliphatic hydroxyl groups is 1. The molecule has 5 aromatic rings. The van der Waals surface area contributed by atoms with Crippen LogP contribution in [0.3, 0.4) is 0 Å². The summed E-state index contributed by atoms with van der Waals surface area (Å²) < 4.78 is 31.7. The first-order chi connectivity index (χ1) is 18.7. The average molecular weight is 546 g/mol. The van der Waals surface area contributed by atoms with E-state index in [9.17, 15) is 18.6 Å². The molecule has 0 bridgehead atoms. The van der Waals surface area contributed by atoms with Crippen molar-refractivity contribution < 1.29 is 23.4 Å². The molecule has 0 saturated heterocycles. The topological polar surface area (TPSA) is 115 Å². The third-order valence-electron chi connectivity index (χ3n) is 6.53. The summed E-state index contributed by atoms with van der Waals surface area (Å²) in [6.07, 6.45) is 0.0876. The third-order valence-corrected chi connectivity index (χ3v) is 7.13. The molecule has 0 aliphatic heterocycles. The first-order valence-electron chi connectivity index (χ1n) is 12.6. The summed E-state index contributed by atoms with van der Waals surface area (Å²) in [7, 11) is -3.59. The van der Waals surface area contributed by atoms with Crippen LogP contribution in [0.4, 0.5) is 5.69 Å². The average Bonchev–Trinajstić information content (AvgIpc) is 3.27. The maximum Gasteiger partial charge on any atom is 0.229 e. The summed E-state index contributed by atoms with van der Waals surface area (Å²) in [5, 5.41) is 23.4. The van der Waals surface area contributed by atoms with E-state index >= 15 is 0 Å². The Morgan fingerprint density at radius 2 is 1.67 bits per heavy atom. The number of hydrogen-bond donors (Lipinski definition) is 4. The lowest BCUT2D eigenvalue weighted by Crippen LogP contribution is -2.32. The molecule has 202 valence electrons. The zero-order chi connectivity index (χ0) is 27.4. The van der Waals surface area contributed by atoms with Crippen LogP contribution in [0.2, 0.25) is 0 Å². The Bertz CT molecular complexity index is 1690. The van der Waals surface area contributed by atoms with Gasteiger partial charge in [-0.2, -0.15) is 0 Å². The molecule has 1 atom stereocenters. The predicted octanol–water partition coefficient (Wildman–Crippen LogP) is 5.01. The van der Waals surface area contributed by atoms with E-state index in [4.69, 9.17) is 4.74 Å². The number of nitrogens with zero attached hydrogens (tertiary/aromatic N) is 1. The fraction of sp³-hybridized carbons (Fsp3) is 0.200. The third kappa shape index (κ3) is 6.69. The summed E-state index contributed by atoms with van der Waals surface area (Å²) in [4.78, 5) is 5.51. The molecular formula is C30H31N3O5S. The Morgan fingerprint density at radius 1 is 0.923 bits per heavy atom. The first-order valence-corrected chi connectivity index (χ1v) is 14.5. The van der Waals surface area contributed by atoms with E-state index in [1.54, 1.807) is 6.07 Å². The Balaban J connectivity index is 1.29. The molecule has 0 radical (unpaired) electrons. The number of para-hydroxylation sites is 1. The highest BCUT2D eigenvalue weighted by molar-refractivity contribution is 7.92. The van der Waals surface area contributed by atoms with Crippen molar-refractivity contribution in [3.63, 3.8) is 0 Å². The summed E-state index contributed by atoms with van der Waals surface area (Å²) in [5.41, 5.74) is 3.70. The van der Waals surface area contributed by atoms with Gasteiger partial charge in [-0.05, 0) is 41.5 Å². The van der Waals surface area contributed by atoms with Gasteiger partial charge in [0.2, 0.25) is 10.0 Å². The number of aromatic amines is 1. The number of aliphatic hydroxyl groups excluding tert-OH is 1. The minimum Gasteiger partial charge on any atom is -0.506 e. The lowest BCUT2D eigenvalue weighted by atomic mass is 10.1. The van der Waals surface area contributed by atoms with Gasteiger partial charge in [0.1, 0.15) is 18.1 Å². The number of phenols is 1. The van der Waals surface area contributed by atoms with Crippen molar-refractivity contribution >= 4 is 37.5 Å². The van der Waals surface area contributed by atoms with Crippen LogP contribution in [-0.4, -0.2) is 54.5 Å². The Labute approximate surface area is 227 Å². The van der Waals surface area contributed by atoms with Crippen LogP contribution >= 0.6 is 0 Å². The maximum absolute atomic E-state index is 11.7. The van der Waals surface area contributed by atoms with E-state index in [0.29, 0.717) is 25.3 Å². The van der Waals surface area contributed by atoms with Crippen LogP contribution in [0.15, 0.2) is 91.0 Å². The van der Waals surface area contributed by atoms with Gasteiger partial charge in [0.25, 0.3) is 0 Å². The predicted molar refractivity (Wildman–Crippen MR) is 155 cm³/mol. The molecule has 0 fully saturated rings. The Kier molecular flexibility index (Phi) is 7.74. The van der Waals surface area contributed by atoms with E-state index in [1.165, 1.54) is 17.5 Å². The second kappa shape index (κ2) is 11.4. The van der Waals surface area contributed by atoms with Crippen molar-refractivity contribution in [1.29, 1.82) is 0 Å². The monoisotopic (exact) mass is 545 g/mol. The summed E-state index contributed by atoms with van der Waals surface area (Å²) in [5.74, 6) is 0.544. The van der Waals surface area contributed by atoms with Gasteiger partial charge in [-0.25, -0.2) is 8.42 Å². The molecule has 0 amide bonds. The van der Waals surface area contributed by atoms with Gasteiger partial charge in [-0.3, -0.25) is 9.62 Å².